The number of hydrogen-bond acceptors (Lipinski definition) is 26. The highest BCUT2D eigenvalue weighted by Crippen LogP contribution is 2.36. The predicted octanol–water partition coefficient (Wildman–Crippen LogP) is 9.28. The molecule has 2 saturated carbocycles. The smallest absolute Gasteiger partial charge is 0.393 e. The third-order valence-electron chi connectivity index (χ3n) is 14.1. The van der Waals surface area contributed by atoms with E-state index in [4.69, 9.17) is 63.6 Å². The van der Waals surface area contributed by atoms with Gasteiger partial charge in [0.1, 0.15) is 85.3 Å². The third-order valence-corrected chi connectivity index (χ3v) is 15.3. The van der Waals surface area contributed by atoms with E-state index in [-0.39, 0.29) is 90.0 Å². The SMILES string of the molecule is CCN.Cc1ncc(-c2nc3c(Cl)ncnc3n2CC(F)(F)F)cn1.Cc1ncc(-c2nc3c(N[C@H]4CCN(C(=O)C5CC5)C4)ncnc3n2CC(F)(F)F)cn1.Cc1ncc(C=O)cn1.N[C@H]1CCN(C(=O)C2CC2)C1.Nc1c(Cl)ncnc1NCC(F)(F)F.O=[N+]([O-])c1c(Cl)ncnc1Cl. The van der Waals surface area contributed by atoms with E-state index in [1.165, 1.54) is 43.5 Å². The average molecular weight is 1520 g/mol. The van der Waals surface area contributed by atoms with Crippen LogP contribution < -0.4 is 27.8 Å². The number of aldehydes is 1. The number of rotatable bonds is 12. The van der Waals surface area contributed by atoms with E-state index in [2.05, 4.69) is 85.1 Å². The molecular formula is C58H63Cl4F9N26O5. The van der Waals surface area contributed by atoms with Gasteiger partial charge >= 0.3 is 24.2 Å². The molecule has 102 heavy (non-hydrogen) atoms. The van der Waals surface area contributed by atoms with Crippen LogP contribution in [0.1, 0.15) is 73.3 Å². The molecule has 546 valence electrons. The first-order valence-electron chi connectivity index (χ1n) is 30.4. The van der Waals surface area contributed by atoms with Crippen LogP contribution in [0, 0.1) is 42.7 Å². The van der Waals surface area contributed by atoms with Gasteiger partial charge in [0, 0.05) is 87.3 Å². The number of fused-ring (bicyclic) bond motifs is 2. The summed E-state index contributed by atoms with van der Waals surface area (Å²) < 4.78 is 116. The second-order valence-corrected chi connectivity index (χ2v) is 23.8. The lowest BCUT2D eigenvalue weighted by Gasteiger charge is -2.17. The van der Waals surface area contributed by atoms with Crippen molar-refractivity contribution < 1.29 is 58.8 Å². The van der Waals surface area contributed by atoms with Crippen molar-refractivity contribution in [2.75, 3.05) is 55.6 Å². The Morgan fingerprint density at radius 3 is 1.44 bits per heavy atom. The van der Waals surface area contributed by atoms with Crippen molar-refractivity contribution in [1.29, 1.82) is 0 Å². The van der Waals surface area contributed by atoms with Gasteiger partial charge in [0.15, 0.2) is 45.0 Å². The summed E-state index contributed by atoms with van der Waals surface area (Å²) in [4.78, 5) is 109. The fourth-order valence-electron chi connectivity index (χ4n) is 9.15. The van der Waals surface area contributed by atoms with Crippen LogP contribution in [0.5, 0.6) is 0 Å². The highest BCUT2D eigenvalue weighted by atomic mass is 35.5. The zero-order chi connectivity index (χ0) is 74.8. The number of imidazole rings is 2. The Balaban J connectivity index is 0.000000181. The fourth-order valence-corrected chi connectivity index (χ4v) is 9.91. The van der Waals surface area contributed by atoms with Crippen molar-refractivity contribution in [3.63, 3.8) is 0 Å². The normalized spacial score (nSPS) is 15.5. The van der Waals surface area contributed by atoms with Gasteiger partial charge in [-0.1, -0.05) is 53.3 Å². The van der Waals surface area contributed by atoms with E-state index in [9.17, 15) is 64.0 Å². The second-order valence-electron chi connectivity index (χ2n) is 22.4. The molecule has 2 saturated heterocycles. The maximum atomic E-state index is 13.3. The number of anilines is 3. The average Bonchev–Trinajstić information content (AvgIpc) is 1.61. The molecule has 9 aromatic rings. The van der Waals surface area contributed by atoms with Gasteiger partial charge in [0.2, 0.25) is 22.1 Å². The summed E-state index contributed by atoms with van der Waals surface area (Å²) in [6, 6.07) is 0.174. The topological polar surface area (TPSA) is 419 Å². The predicted molar refractivity (Wildman–Crippen MR) is 354 cm³/mol. The number of halogens is 13. The highest BCUT2D eigenvalue weighted by molar-refractivity contribution is 6.36. The molecule has 2 atom stereocenters. The van der Waals surface area contributed by atoms with Crippen molar-refractivity contribution in [2.45, 2.75) is 110 Å². The first-order chi connectivity index (χ1) is 48.2. The fraction of sp³-hybridized carbons (Fsp3) is 0.431. The molecule has 2 aliphatic heterocycles. The Bertz CT molecular complexity index is 4290. The number of alkyl halides is 9. The molecular weight excluding hydrogens is 1450 g/mol. The number of aromatic nitrogens is 18. The second kappa shape index (κ2) is 35.8. The molecule has 2 amide bonds. The third kappa shape index (κ3) is 23.7. The van der Waals surface area contributed by atoms with Gasteiger partial charge < -0.3 is 37.6 Å². The van der Waals surface area contributed by atoms with Crippen molar-refractivity contribution in [3.05, 3.63) is 116 Å². The van der Waals surface area contributed by atoms with E-state index >= 15 is 0 Å². The molecule has 8 N–H and O–H groups in total. The number of nitrogens with zero attached hydrogens (tertiary/aromatic N) is 21. The maximum absolute atomic E-state index is 13.3. The Morgan fingerprint density at radius 1 is 0.588 bits per heavy atom. The van der Waals surface area contributed by atoms with Gasteiger partial charge in [-0.25, -0.2) is 79.7 Å². The number of hydrogen-bond donors (Lipinski definition) is 5. The van der Waals surface area contributed by atoms with Gasteiger partial charge in [-0.3, -0.25) is 33.6 Å². The number of nitro groups is 1. The van der Waals surface area contributed by atoms with Gasteiger partial charge in [0.25, 0.3) is 0 Å². The van der Waals surface area contributed by atoms with Gasteiger partial charge in [-0.05, 0) is 65.8 Å². The summed E-state index contributed by atoms with van der Waals surface area (Å²) in [6.07, 6.45) is 6.35. The lowest BCUT2D eigenvalue weighted by atomic mass is 10.2. The minimum atomic E-state index is -4.47. The Morgan fingerprint density at radius 2 is 1.00 bits per heavy atom. The van der Waals surface area contributed by atoms with Crippen molar-refractivity contribution in [3.8, 4) is 22.8 Å². The van der Waals surface area contributed by atoms with Gasteiger partial charge in [-0.2, -0.15) is 39.5 Å². The monoisotopic (exact) mass is 1510 g/mol. The summed E-state index contributed by atoms with van der Waals surface area (Å²) in [5.74, 6) is 3.04. The molecule has 44 heteroatoms. The van der Waals surface area contributed by atoms with E-state index in [1.54, 1.807) is 20.8 Å². The van der Waals surface area contributed by atoms with Crippen LogP contribution in [-0.2, 0) is 22.7 Å². The molecule has 31 nitrogen and oxygen atoms in total. The minimum absolute atomic E-state index is 0.00731. The van der Waals surface area contributed by atoms with Crippen molar-refractivity contribution >= 4 is 110 Å². The minimum Gasteiger partial charge on any atom is -0.393 e. The van der Waals surface area contributed by atoms with E-state index < -0.39 is 48.8 Å². The number of nitrogens with two attached hydrogens (primary N) is 3. The molecule has 4 aliphatic rings. The first kappa shape index (κ1) is 79.7. The van der Waals surface area contributed by atoms with E-state index in [0.717, 1.165) is 92.6 Å². The molecule has 2 aliphatic carbocycles. The first-order valence-corrected chi connectivity index (χ1v) is 31.9. The van der Waals surface area contributed by atoms with E-state index in [0.29, 0.717) is 64.9 Å². The number of carbonyl (C=O) groups is 3. The van der Waals surface area contributed by atoms with Crippen LogP contribution in [0.2, 0.25) is 20.6 Å². The van der Waals surface area contributed by atoms with Crippen molar-refractivity contribution in [2.24, 2.45) is 23.3 Å². The largest absolute Gasteiger partial charge is 0.406 e. The molecule has 0 spiro atoms. The molecule has 9 aromatic heterocycles. The lowest BCUT2D eigenvalue weighted by Crippen LogP contribution is -2.32. The number of likely N-dealkylation sites (tertiary alicyclic amines) is 2. The standard InChI is InChI=1S/C20H21F3N8O.C12H8ClF3N6.C8H14N2O.C6H6ClF3N4.C6H6N2O.C4HCl2N3O2.C2H7N/c1-11-24-6-13(7-25-11)17-29-15-16(26-10-27-18(15)31(17)9-20(21,22)23)28-14-4-5-30(8-14)19(32)12-2-3-12;1-6-17-2-7(3-18-6)10-21-8-9(13)19-5-20-11(8)22(10)4-12(14,15)16;9-7-3-4-10(5-7)8(11)6-1-2-6;7-4-3(11)5(14-2-13-4)12-1-6(8,9)10;1-5-7-2-6(4-9)3-8-5;5-3-2(9(10)11)4(6)8-1-7-3;1-2-3/h6-7,10,12,14H,2-5,8-9H2,1H3,(H,26,27,28);2-3,5H,4H2,1H3;6-7H,1-5,9H2;2H,1,11H2,(H,12,13,14);2-4H,1H3;1H;2-3H2,1H3/t14-;;7-;;;;/m0.0..../s1. The highest BCUT2D eigenvalue weighted by Gasteiger charge is 2.39. The zero-order valence-corrected chi connectivity index (χ0v) is 57.2. The van der Waals surface area contributed by atoms with Crippen LogP contribution in [0.25, 0.3) is 45.1 Å². The number of nitrogens with one attached hydrogen (secondary N) is 2. The lowest BCUT2D eigenvalue weighted by molar-refractivity contribution is -0.385. The van der Waals surface area contributed by atoms with Gasteiger partial charge in [-0.15, -0.1) is 0 Å². The van der Waals surface area contributed by atoms with Gasteiger partial charge in [0.05, 0.1) is 21.6 Å². The van der Waals surface area contributed by atoms with E-state index in [1.807, 2.05) is 22.0 Å². The van der Waals surface area contributed by atoms with Crippen LogP contribution >= 0.6 is 46.4 Å². The van der Waals surface area contributed by atoms with Crippen LogP contribution in [0.15, 0.2) is 62.5 Å². The zero-order valence-electron chi connectivity index (χ0n) is 54.1. The summed E-state index contributed by atoms with van der Waals surface area (Å²) in [6.45, 7) is 6.92. The molecule has 0 radical (unpaired) electrons. The van der Waals surface area contributed by atoms with Crippen LogP contribution in [-0.4, -0.2) is 192 Å². The molecule has 13 rings (SSSR count). The number of aryl methyl sites for hydroxylation is 3. The number of carbonyl (C=O) groups excluding carboxylic acids is 3. The Hall–Kier alpha value is -9.64. The molecule has 0 bridgehead atoms. The molecule has 0 unspecified atom stereocenters. The number of amides is 2. The van der Waals surface area contributed by atoms with Crippen LogP contribution in [0.4, 0.5) is 62.5 Å². The summed E-state index contributed by atoms with van der Waals surface area (Å²) in [5, 5.41) is 14.9. The summed E-state index contributed by atoms with van der Waals surface area (Å²) in [7, 11) is 0. The quantitative estimate of drug-likeness (QED) is 0.0250. The Kier molecular flexibility index (Phi) is 28.0. The maximum Gasteiger partial charge on any atom is 0.406 e. The number of nitrogen functional groups attached to an aromatic ring is 1. The van der Waals surface area contributed by atoms with Crippen molar-refractivity contribution in [1.82, 2.24) is 98.7 Å². The molecule has 0 aromatic carbocycles. The molecule has 4 fully saturated rings. The summed E-state index contributed by atoms with van der Waals surface area (Å²) >= 11 is 22.0. The summed E-state index contributed by atoms with van der Waals surface area (Å²) in [5.41, 5.74) is 16.9. The Labute approximate surface area is 592 Å². The van der Waals surface area contributed by atoms with Crippen LogP contribution in [0.3, 0.4) is 0 Å². The molecule has 11 heterocycles.